The van der Waals surface area contributed by atoms with Crippen LogP contribution in [-0.4, -0.2) is 31.7 Å². The number of ether oxygens (including phenoxy) is 2. The number of hydrogen-bond acceptors (Lipinski definition) is 4. The molecule has 0 aliphatic carbocycles. The Bertz CT molecular complexity index is 750. The number of hydrogen-bond donors (Lipinski definition) is 1. The number of thiophene rings is 1. The van der Waals surface area contributed by atoms with Gasteiger partial charge >= 0.3 is 6.03 Å². The highest BCUT2D eigenvalue weighted by Crippen LogP contribution is 2.36. The van der Waals surface area contributed by atoms with Crippen LogP contribution in [0.2, 0.25) is 0 Å². The first-order chi connectivity index (χ1) is 12.1. The predicted octanol–water partition coefficient (Wildman–Crippen LogP) is 4.57. The van der Waals surface area contributed by atoms with Gasteiger partial charge in [0.05, 0.1) is 30.6 Å². The molecule has 1 aromatic carbocycles. The molecule has 1 aromatic heterocycles. The molecule has 1 fully saturated rings. The van der Waals surface area contributed by atoms with E-state index in [1.807, 2.05) is 35.2 Å². The van der Waals surface area contributed by atoms with E-state index in [0.29, 0.717) is 18.0 Å². The lowest BCUT2D eigenvalue weighted by atomic mass is 10.0. The van der Waals surface area contributed by atoms with Crippen LogP contribution >= 0.6 is 27.3 Å². The first-order valence-corrected chi connectivity index (χ1v) is 9.74. The van der Waals surface area contributed by atoms with Gasteiger partial charge in [-0.2, -0.15) is 0 Å². The van der Waals surface area contributed by atoms with Gasteiger partial charge in [0.15, 0.2) is 11.5 Å². The Kier molecular flexibility index (Phi) is 5.86. The van der Waals surface area contributed by atoms with Crippen molar-refractivity contribution in [3.63, 3.8) is 0 Å². The number of benzene rings is 1. The van der Waals surface area contributed by atoms with Crippen LogP contribution in [0.5, 0.6) is 11.5 Å². The average molecular weight is 425 g/mol. The maximum absolute atomic E-state index is 12.6. The van der Waals surface area contributed by atoms with Crippen LogP contribution in [0.25, 0.3) is 0 Å². The summed E-state index contributed by atoms with van der Waals surface area (Å²) in [4.78, 5) is 15.7. The summed E-state index contributed by atoms with van der Waals surface area (Å²) in [6, 6.07) is 9.92. The van der Waals surface area contributed by atoms with Gasteiger partial charge in [-0.1, -0.05) is 6.07 Å². The zero-order chi connectivity index (χ0) is 17.8. The molecular weight excluding hydrogens is 404 g/mol. The van der Waals surface area contributed by atoms with Crippen molar-refractivity contribution in [3.05, 3.63) is 44.6 Å². The summed E-state index contributed by atoms with van der Waals surface area (Å²) in [5.41, 5.74) is 1.07. The Morgan fingerprint density at radius 2 is 2.08 bits per heavy atom. The van der Waals surface area contributed by atoms with Crippen molar-refractivity contribution in [3.8, 4) is 11.5 Å². The first kappa shape index (κ1) is 18.1. The monoisotopic (exact) mass is 424 g/mol. The fourth-order valence-corrected chi connectivity index (χ4v) is 4.55. The number of methoxy groups -OCH3 is 2. The second kappa shape index (κ2) is 8.10. The number of nitrogens with one attached hydrogen (secondary N) is 1. The highest BCUT2D eigenvalue weighted by Gasteiger charge is 2.30. The molecular formula is C18H21BrN2O3S. The topological polar surface area (TPSA) is 50.8 Å². The minimum absolute atomic E-state index is 0.0261. The average Bonchev–Trinajstić information content (AvgIpc) is 3.28. The van der Waals surface area contributed by atoms with Crippen molar-refractivity contribution in [1.82, 2.24) is 10.2 Å². The van der Waals surface area contributed by atoms with Gasteiger partial charge in [-0.15, -0.1) is 11.3 Å². The van der Waals surface area contributed by atoms with E-state index in [1.165, 1.54) is 0 Å². The summed E-state index contributed by atoms with van der Waals surface area (Å²) in [5, 5.41) is 3.03. The Hall–Kier alpha value is -1.73. The first-order valence-electron chi connectivity index (χ1n) is 8.13. The Labute approximate surface area is 160 Å². The second-order valence-corrected chi connectivity index (χ2v) is 8.38. The normalized spacial score (nSPS) is 16.8. The summed E-state index contributed by atoms with van der Waals surface area (Å²) in [5.74, 6) is 1.39. The number of likely N-dealkylation sites (tertiary alicyclic amines) is 1. The van der Waals surface area contributed by atoms with Crippen LogP contribution in [0.1, 0.15) is 29.3 Å². The molecule has 2 aromatic rings. The van der Waals surface area contributed by atoms with Crippen molar-refractivity contribution in [2.24, 2.45) is 0 Å². The predicted molar refractivity (Wildman–Crippen MR) is 102 cm³/mol. The highest BCUT2D eigenvalue weighted by atomic mass is 79.9. The minimum Gasteiger partial charge on any atom is -0.493 e. The molecule has 2 heterocycles. The largest absolute Gasteiger partial charge is 0.493 e. The van der Waals surface area contributed by atoms with E-state index < -0.39 is 0 Å². The lowest BCUT2D eigenvalue weighted by Gasteiger charge is -2.26. The Morgan fingerprint density at radius 1 is 1.28 bits per heavy atom. The number of urea groups is 1. The van der Waals surface area contributed by atoms with E-state index in [9.17, 15) is 4.79 Å². The fourth-order valence-electron chi connectivity index (χ4n) is 3.13. The lowest BCUT2D eigenvalue weighted by molar-refractivity contribution is 0.192. The summed E-state index contributed by atoms with van der Waals surface area (Å²) < 4.78 is 11.8. The molecule has 1 atom stereocenters. The van der Waals surface area contributed by atoms with E-state index in [2.05, 4.69) is 21.2 Å². The molecule has 3 rings (SSSR count). The van der Waals surface area contributed by atoms with Gasteiger partial charge in [-0.25, -0.2) is 4.79 Å². The molecule has 1 aliphatic rings. The molecule has 0 saturated carbocycles. The highest BCUT2D eigenvalue weighted by molar-refractivity contribution is 9.11. The van der Waals surface area contributed by atoms with E-state index >= 15 is 0 Å². The van der Waals surface area contributed by atoms with Gasteiger partial charge in [0.2, 0.25) is 0 Å². The Balaban J connectivity index is 1.70. The quantitative estimate of drug-likeness (QED) is 0.764. The number of rotatable bonds is 5. The molecule has 134 valence electrons. The molecule has 1 N–H and O–H groups in total. The van der Waals surface area contributed by atoms with Crippen molar-refractivity contribution < 1.29 is 14.3 Å². The summed E-state index contributed by atoms with van der Waals surface area (Å²) in [6.45, 7) is 1.31. The van der Waals surface area contributed by atoms with E-state index in [0.717, 1.165) is 33.6 Å². The molecule has 1 aliphatic heterocycles. The molecule has 0 radical (unpaired) electrons. The third-order valence-electron chi connectivity index (χ3n) is 4.35. The van der Waals surface area contributed by atoms with Crippen LogP contribution in [0.15, 0.2) is 34.1 Å². The number of carbonyl (C=O) groups excluding carboxylic acids is 1. The van der Waals surface area contributed by atoms with Crippen LogP contribution in [0, 0.1) is 0 Å². The Morgan fingerprint density at radius 3 is 2.76 bits per heavy atom. The zero-order valence-electron chi connectivity index (χ0n) is 14.3. The fraction of sp³-hybridized carbons (Fsp3) is 0.389. The van der Waals surface area contributed by atoms with Crippen LogP contribution in [0.3, 0.4) is 0 Å². The maximum atomic E-state index is 12.6. The SMILES string of the molecule is COc1ccc(C2CCCN2C(=O)NCc2ccc(Br)s2)cc1OC. The van der Waals surface area contributed by atoms with Crippen molar-refractivity contribution in [2.45, 2.75) is 25.4 Å². The molecule has 0 spiro atoms. The number of carbonyl (C=O) groups is 1. The summed E-state index contributed by atoms with van der Waals surface area (Å²) in [7, 11) is 3.25. The number of amides is 2. The van der Waals surface area contributed by atoms with Crippen LogP contribution in [-0.2, 0) is 6.54 Å². The summed E-state index contributed by atoms with van der Waals surface area (Å²) >= 11 is 5.08. The van der Waals surface area contributed by atoms with Crippen LogP contribution in [0.4, 0.5) is 4.79 Å². The van der Waals surface area contributed by atoms with E-state index in [4.69, 9.17) is 9.47 Å². The van der Waals surface area contributed by atoms with Gasteiger partial charge in [0.1, 0.15) is 0 Å². The lowest BCUT2D eigenvalue weighted by Crippen LogP contribution is -2.39. The van der Waals surface area contributed by atoms with Crippen molar-refractivity contribution in [1.29, 1.82) is 0 Å². The van der Waals surface area contributed by atoms with Crippen LogP contribution < -0.4 is 14.8 Å². The van der Waals surface area contributed by atoms with E-state index in [-0.39, 0.29) is 12.1 Å². The maximum Gasteiger partial charge on any atom is 0.318 e. The number of halogens is 1. The van der Waals surface area contributed by atoms with Crippen molar-refractivity contribution >= 4 is 33.3 Å². The second-order valence-electron chi connectivity index (χ2n) is 5.83. The molecule has 7 heteroatoms. The summed E-state index contributed by atoms with van der Waals surface area (Å²) in [6.07, 6.45) is 1.95. The van der Waals surface area contributed by atoms with E-state index in [1.54, 1.807) is 25.6 Å². The third kappa shape index (κ3) is 4.10. The molecule has 2 amide bonds. The van der Waals surface area contributed by atoms with Gasteiger partial charge < -0.3 is 19.7 Å². The van der Waals surface area contributed by atoms with Crippen molar-refractivity contribution in [2.75, 3.05) is 20.8 Å². The molecule has 1 saturated heterocycles. The molecule has 5 nitrogen and oxygen atoms in total. The third-order valence-corrected chi connectivity index (χ3v) is 5.97. The van der Waals surface area contributed by atoms with Gasteiger partial charge in [0.25, 0.3) is 0 Å². The molecule has 25 heavy (non-hydrogen) atoms. The van der Waals surface area contributed by atoms with Gasteiger partial charge in [-0.05, 0) is 58.6 Å². The van der Waals surface area contributed by atoms with Gasteiger partial charge in [0, 0.05) is 11.4 Å². The molecule has 1 unspecified atom stereocenters. The standard InChI is InChI=1S/C18H21BrN2O3S/c1-23-15-7-5-12(10-16(15)24-2)14-4-3-9-21(14)18(22)20-11-13-6-8-17(19)25-13/h5-8,10,14H,3-4,9,11H2,1-2H3,(H,20,22). The van der Waals surface area contributed by atoms with Gasteiger partial charge in [-0.3, -0.25) is 0 Å². The molecule has 0 bridgehead atoms. The zero-order valence-corrected chi connectivity index (χ0v) is 16.7. The smallest absolute Gasteiger partial charge is 0.318 e. The minimum atomic E-state index is -0.0261. The number of nitrogens with zero attached hydrogens (tertiary/aromatic N) is 1.